The molecule has 0 aliphatic carbocycles. The first-order valence-corrected chi connectivity index (χ1v) is 5.75. The molecule has 0 bridgehead atoms. The Labute approximate surface area is 105 Å². The van der Waals surface area contributed by atoms with Crippen LogP contribution in [0.3, 0.4) is 0 Å². The number of nitrogen functional groups attached to an aromatic ring is 1. The molecule has 0 aliphatic rings. The molecular weight excluding hydrogens is 323 g/mol. The minimum atomic E-state index is -0.402. The van der Waals surface area contributed by atoms with Gasteiger partial charge in [-0.15, -0.1) is 0 Å². The fraction of sp³-hybridized carbons (Fsp3) is 0.333. The van der Waals surface area contributed by atoms with Crippen LogP contribution in [0.25, 0.3) is 11.0 Å². The van der Waals surface area contributed by atoms with Crippen molar-refractivity contribution in [3.8, 4) is 0 Å². The lowest BCUT2D eigenvalue weighted by Crippen LogP contribution is -2.16. The highest BCUT2D eigenvalue weighted by atomic mass is 127. The molecule has 2 heterocycles. The summed E-state index contributed by atoms with van der Waals surface area (Å²) in [6.45, 7) is -0.305. The van der Waals surface area contributed by atoms with Crippen molar-refractivity contribution in [3.63, 3.8) is 0 Å². The molecule has 2 aromatic heterocycles. The van der Waals surface area contributed by atoms with E-state index in [1.54, 1.807) is 10.8 Å². The van der Waals surface area contributed by atoms with Crippen molar-refractivity contribution in [1.29, 1.82) is 0 Å². The van der Waals surface area contributed by atoms with Crippen molar-refractivity contribution >= 4 is 39.4 Å². The van der Waals surface area contributed by atoms with Crippen LogP contribution >= 0.6 is 22.6 Å². The van der Waals surface area contributed by atoms with Crippen molar-refractivity contribution in [1.82, 2.24) is 14.5 Å². The zero-order chi connectivity index (χ0) is 11.7. The predicted molar refractivity (Wildman–Crippen MR) is 67.9 cm³/mol. The molecule has 16 heavy (non-hydrogen) atoms. The molecule has 86 valence electrons. The van der Waals surface area contributed by atoms with E-state index in [-0.39, 0.29) is 13.2 Å². The Balaban J connectivity index is 2.68. The monoisotopic (exact) mass is 334 g/mol. The first-order valence-electron chi connectivity index (χ1n) is 4.67. The van der Waals surface area contributed by atoms with E-state index in [0.717, 1.165) is 8.96 Å². The van der Waals surface area contributed by atoms with Crippen LogP contribution in [0.1, 0.15) is 6.04 Å². The Kier molecular flexibility index (Phi) is 3.26. The number of nitrogens with zero attached hydrogens (tertiary/aromatic N) is 3. The average molecular weight is 334 g/mol. The van der Waals surface area contributed by atoms with Crippen LogP contribution < -0.4 is 5.73 Å². The third kappa shape index (κ3) is 1.74. The van der Waals surface area contributed by atoms with Crippen LogP contribution in [0.2, 0.25) is 0 Å². The predicted octanol–water partition coefficient (Wildman–Crippen LogP) is 0.144. The maximum absolute atomic E-state index is 9.16. The maximum Gasteiger partial charge on any atom is 0.146 e. The lowest BCUT2D eigenvalue weighted by molar-refractivity contribution is 0.157. The number of anilines is 1. The lowest BCUT2D eigenvalue weighted by atomic mass is 10.3. The molecule has 0 saturated heterocycles. The van der Waals surface area contributed by atoms with Crippen LogP contribution in [-0.4, -0.2) is 38.0 Å². The molecule has 0 unspecified atom stereocenters. The van der Waals surface area contributed by atoms with Gasteiger partial charge in [0.2, 0.25) is 0 Å². The highest BCUT2D eigenvalue weighted by molar-refractivity contribution is 14.1. The van der Waals surface area contributed by atoms with Crippen LogP contribution in [0, 0.1) is 3.57 Å². The van der Waals surface area contributed by atoms with E-state index in [4.69, 9.17) is 15.9 Å². The molecule has 0 atom stereocenters. The van der Waals surface area contributed by atoms with E-state index in [0.29, 0.717) is 11.5 Å². The molecule has 7 heteroatoms. The number of rotatable bonds is 3. The Bertz CT molecular complexity index is 509. The average Bonchev–Trinajstić information content (AvgIpc) is 2.60. The second-order valence-corrected chi connectivity index (χ2v) is 4.52. The van der Waals surface area contributed by atoms with E-state index in [2.05, 4.69) is 32.6 Å². The number of halogens is 1. The minimum absolute atomic E-state index is 0.153. The number of aromatic nitrogens is 3. The maximum atomic E-state index is 9.16. The summed E-state index contributed by atoms with van der Waals surface area (Å²) < 4.78 is 2.62. The summed E-state index contributed by atoms with van der Waals surface area (Å²) >= 11 is 2.13. The smallest absolute Gasteiger partial charge is 0.146 e. The van der Waals surface area contributed by atoms with Crippen molar-refractivity contribution in [2.45, 2.75) is 6.04 Å². The third-order valence-corrected chi connectivity index (χ3v) is 3.23. The van der Waals surface area contributed by atoms with Gasteiger partial charge < -0.3 is 20.5 Å². The molecule has 0 fully saturated rings. The van der Waals surface area contributed by atoms with Gasteiger partial charge in [-0.3, -0.25) is 0 Å². The molecule has 0 saturated carbocycles. The lowest BCUT2D eigenvalue weighted by Gasteiger charge is -2.13. The third-order valence-electron chi connectivity index (χ3n) is 2.41. The van der Waals surface area contributed by atoms with Crippen LogP contribution in [0.4, 0.5) is 5.82 Å². The summed E-state index contributed by atoms with van der Waals surface area (Å²) in [4.78, 5) is 8.04. The molecule has 0 spiro atoms. The first-order chi connectivity index (χ1) is 7.69. The molecule has 2 rings (SSSR count). The minimum Gasteiger partial charge on any atom is -0.394 e. The fourth-order valence-corrected chi connectivity index (χ4v) is 2.39. The number of hydrogen-bond acceptors (Lipinski definition) is 5. The molecule has 0 radical (unpaired) electrons. The van der Waals surface area contributed by atoms with Crippen molar-refractivity contribution in [2.24, 2.45) is 0 Å². The second kappa shape index (κ2) is 4.52. The molecule has 0 aromatic carbocycles. The van der Waals surface area contributed by atoms with E-state index < -0.39 is 6.04 Å². The SMILES string of the molecule is Nc1ncnc2c1c(I)cn2C(CO)CO. The van der Waals surface area contributed by atoms with E-state index in [1.807, 2.05) is 0 Å². The van der Waals surface area contributed by atoms with Crippen LogP contribution in [0.5, 0.6) is 0 Å². The van der Waals surface area contributed by atoms with Crippen molar-refractivity contribution < 1.29 is 10.2 Å². The topological polar surface area (TPSA) is 97.2 Å². The zero-order valence-corrected chi connectivity index (χ0v) is 10.5. The van der Waals surface area contributed by atoms with Gasteiger partial charge in [0.15, 0.2) is 0 Å². The standard InChI is InChI=1S/C9H11IN4O2/c10-6-1-14(5(2-15)3-16)9-7(6)8(11)12-4-13-9/h1,4-5,15-16H,2-3H2,(H2,11,12,13). The summed E-state index contributed by atoms with van der Waals surface area (Å²) in [5, 5.41) is 19.1. The number of aliphatic hydroxyl groups excluding tert-OH is 2. The van der Waals surface area contributed by atoms with E-state index in [9.17, 15) is 0 Å². The van der Waals surface area contributed by atoms with Gasteiger partial charge in [0, 0.05) is 9.77 Å². The van der Waals surface area contributed by atoms with Crippen LogP contribution in [-0.2, 0) is 0 Å². The Hall–Kier alpha value is -0.930. The first kappa shape index (κ1) is 11.6. The highest BCUT2D eigenvalue weighted by Gasteiger charge is 2.16. The second-order valence-electron chi connectivity index (χ2n) is 3.36. The molecule has 6 nitrogen and oxygen atoms in total. The quantitative estimate of drug-likeness (QED) is 0.694. The van der Waals surface area contributed by atoms with Gasteiger partial charge in [-0.25, -0.2) is 9.97 Å². The molecule has 2 aromatic rings. The van der Waals surface area contributed by atoms with Gasteiger partial charge in [-0.05, 0) is 22.6 Å². The Morgan fingerprint density at radius 2 is 2.06 bits per heavy atom. The normalized spacial score (nSPS) is 11.5. The van der Waals surface area contributed by atoms with Gasteiger partial charge in [0.25, 0.3) is 0 Å². The summed E-state index contributed by atoms with van der Waals surface area (Å²) in [7, 11) is 0. The van der Waals surface area contributed by atoms with Gasteiger partial charge in [0.1, 0.15) is 17.8 Å². The van der Waals surface area contributed by atoms with Gasteiger partial charge in [-0.1, -0.05) is 0 Å². The highest BCUT2D eigenvalue weighted by Crippen LogP contribution is 2.27. The van der Waals surface area contributed by atoms with Crippen molar-refractivity contribution in [2.75, 3.05) is 18.9 Å². The number of hydrogen-bond donors (Lipinski definition) is 3. The summed E-state index contributed by atoms with van der Waals surface area (Å²) in [6, 6.07) is -0.402. The van der Waals surface area contributed by atoms with Crippen LogP contribution in [0.15, 0.2) is 12.5 Å². The zero-order valence-electron chi connectivity index (χ0n) is 8.34. The summed E-state index contributed by atoms with van der Waals surface area (Å²) in [6.07, 6.45) is 3.17. The van der Waals surface area contributed by atoms with E-state index >= 15 is 0 Å². The molecule has 0 amide bonds. The number of nitrogens with two attached hydrogens (primary N) is 1. The van der Waals surface area contributed by atoms with Gasteiger partial charge in [0.05, 0.1) is 24.6 Å². The number of fused-ring (bicyclic) bond motifs is 1. The molecule has 4 N–H and O–H groups in total. The number of aliphatic hydroxyl groups is 2. The molecular formula is C9H11IN4O2. The summed E-state index contributed by atoms with van der Waals surface area (Å²) in [5.41, 5.74) is 6.39. The largest absolute Gasteiger partial charge is 0.394 e. The van der Waals surface area contributed by atoms with Gasteiger partial charge >= 0.3 is 0 Å². The fourth-order valence-electron chi connectivity index (χ4n) is 1.57. The van der Waals surface area contributed by atoms with Gasteiger partial charge in [-0.2, -0.15) is 0 Å². The summed E-state index contributed by atoms with van der Waals surface area (Å²) in [5.74, 6) is 0.405. The van der Waals surface area contributed by atoms with Crippen molar-refractivity contribution in [3.05, 3.63) is 16.1 Å². The Morgan fingerprint density at radius 3 is 2.69 bits per heavy atom. The molecule has 0 aliphatic heterocycles. The van der Waals surface area contributed by atoms with E-state index in [1.165, 1.54) is 6.33 Å². The Morgan fingerprint density at radius 1 is 1.38 bits per heavy atom.